The zero-order valence-electron chi connectivity index (χ0n) is 24.0. The van der Waals surface area contributed by atoms with Crippen LogP contribution in [0.2, 0.25) is 0 Å². The summed E-state index contributed by atoms with van der Waals surface area (Å²) in [5.74, 6) is -0.803. The van der Waals surface area contributed by atoms with Crippen LogP contribution in [-0.4, -0.2) is 23.1 Å². The monoisotopic (exact) mass is 516 g/mol. The SMILES string of the molecule is CC/C=C\C/C=C\C/C=C\C/C=C\C(CCCCCCCC(=O)O)OC(=O)CCCCCCCCCC. The van der Waals surface area contributed by atoms with Gasteiger partial charge >= 0.3 is 11.9 Å². The van der Waals surface area contributed by atoms with Gasteiger partial charge in [-0.15, -0.1) is 0 Å². The van der Waals surface area contributed by atoms with Crippen molar-refractivity contribution in [3.05, 3.63) is 48.6 Å². The minimum atomic E-state index is -0.720. The smallest absolute Gasteiger partial charge is 0.306 e. The molecule has 0 aliphatic carbocycles. The first-order valence-electron chi connectivity index (χ1n) is 15.1. The summed E-state index contributed by atoms with van der Waals surface area (Å²) in [5, 5.41) is 8.74. The number of carbonyl (C=O) groups is 2. The van der Waals surface area contributed by atoms with Crippen LogP contribution in [0.4, 0.5) is 0 Å². The zero-order valence-corrected chi connectivity index (χ0v) is 24.0. The number of allylic oxidation sites excluding steroid dienone is 7. The molecule has 0 aromatic heterocycles. The maximum absolute atomic E-state index is 12.4. The lowest BCUT2D eigenvalue weighted by Gasteiger charge is -2.14. The number of rotatable bonds is 26. The van der Waals surface area contributed by atoms with E-state index in [0.29, 0.717) is 6.42 Å². The van der Waals surface area contributed by atoms with Crippen LogP contribution in [0.5, 0.6) is 0 Å². The first kappa shape index (κ1) is 34.9. The average molecular weight is 517 g/mol. The highest BCUT2D eigenvalue weighted by atomic mass is 16.5. The Kier molecular flexibility index (Phi) is 26.9. The maximum Gasteiger partial charge on any atom is 0.306 e. The Labute approximate surface area is 228 Å². The molecule has 0 amide bonds. The standard InChI is InChI=1S/C33H56O4/c1-3-5-7-9-11-13-14-15-16-19-23-27-31(28-24-20-18-21-25-29-32(34)35)37-33(36)30-26-22-17-12-10-8-6-4-2/h5,7,11,13,15-16,23,27,31H,3-4,6,8-10,12,14,17-22,24-26,28-30H2,1-2H3,(H,34,35)/b7-5-,13-11-,16-15-,27-23-. The fourth-order valence-electron chi connectivity index (χ4n) is 4.09. The van der Waals surface area contributed by atoms with Gasteiger partial charge in [0.1, 0.15) is 6.10 Å². The quantitative estimate of drug-likeness (QED) is 0.0705. The molecule has 4 heteroatoms. The van der Waals surface area contributed by atoms with Gasteiger partial charge in [0.2, 0.25) is 0 Å². The van der Waals surface area contributed by atoms with E-state index in [1.165, 1.54) is 38.5 Å². The second-order valence-corrected chi connectivity index (χ2v) is 9.91. The van der Waals surface area contributed by atoms with Crippen LogP contribution in [0, 0.1) is 0 Å². The van der Waals surface area contributed by atoms with Crippen LogP contribution in [-0.2, 0) is 14.3 Å². The molecule has 0 heterocycles. The van der Waals surface area contributed by atoms with Gasteiger partial charge in [0, 0.05) is 12.8 Å². The van der Waals surface area contributed by atoms with E-state index in [9.17, 15) is 9.59 Å². The number of ether oxygens (including phenoxy) is 1. The van der Waals surface area contributed by atoms with Crippen LogP contribution < -0.4 is 0 Å². The molecule has 37 heavy (non-hydrogen) atoms. The van der Waals surface area contributed by atoms with Gasteiger partial charge in [-0.1, -0.05) is 121 Å². The highest BCUT2D eigenvalue weighted by molar-refractivity contribution is 5.69. The molecule has 0 saturated carbocycles. The molecule has 1 atom stereocenters. The van der Waals surface area contributed by atoms with E-state index in [0.717, 1.165) is 77.0 Å². The molecule has 212 valence electrons. The van der Waals surface area contributed by atoms with Gasteiger partial charge in [-0.2, -0.15) is 0 Å². The second kappa shape index (κ2) is 28.5. The summed E-state index contributed by atoms with van der Waals surface area (Å²) in [6.07, 6.45) is 37.0. The molecule has 1 unspecified atom stereocenters. The Morgan fingerprint density at radius 1 is 0.622 bits per heavy atom. The van der Waals surface area contributed by atoms with E-state index in [2.05, 4.69) is 56.4 Å². The van der Waals surface area contributed by atoms with Gasteiger partial charge in [0.25, 0.3) is 0 Å². The third-order valence-electron chi connectivity index (χ3n) is 6.30. The van der Waals surface area contributed by atoms with E-state index < -0.39 is 5.97 Å². The van der Waals surface area contributed by atoms with Gasteiger partial charge in [-0.25, -0.2) is 0 Å². The minimum absolute atomic E-state index is 0.0834. The molecule has 0 bridgehead atoms. The number of hydrogen-bond acceptors (Lipinski definition) is 3. The number of unbranched alkanes of at least 4 members (excludes halogenated alkanes) is 11. The van der Waals surface area contributed by atoms with Gasteiger partial charge in [-0.05, 0) is 57.4 Å². The van der Waals surface area contributed by atoms with Crippen LogP contribution in [0.15, 0.2) is 48.6 Å². The van der Waals surface area contributed by atoms with Crippen molar-refractivity contribution in [2.75, 3.05) is 0 Å². The molecule has 0 saturated heterocycles. The van der Waals surface area contributed by atoms with Crippen molar-refractivity contribution >= 4 is 11.9 Å². The fourth-order valence-corrected chi connectivity index (χ4v) is 4.09. The van der Waals surface area contributed by atoms with Crippen molar-refractivity contribution in [1.29, 1.82) is 0 Å². The summed E-state index contributed by atoms with van der Waals surface area (Å²) >= 11 is 0. The van der Waals surface area contributed by atoms with Crippen LogP contribution in [0.3, 0.4) is 0 Å². The largest absolute Gasteiger partial charge is 0.481 e. The summed E-state index contributed by atoms with van der Waals surface area (Å²) in [6, 6.07) is 0. The molecule has 0 aromatic carbocycles. The van der Waals surface area contributed by atoms with E-state index in [-0.39, 0.29) is 18.5 Å². The fraction of sp³-hybridized carbons (Fsp3) is 0.697. The molecule has 0 aliphatic heterocycles. The molecular formula is C33H56O4. The van der Waals surface area contributed by atoms with E-state index in [1.807, 2.05) is 6.08 Å². The number of aliphatic carboxylic acids is 1. The number of carbonyl (C=O) groups excluding carboxylic acids is 1. The Balaban J connectivity index is 4.33. The normalized spacial score (nSPS) is 12.9. The highest BCUT2D eigenvalue weighted by Crippen LogP contribution is 2.14. The molecule has 0 radical (unpaired) electrons. The molecule has 0 fully saturated rings. The Hall–Kier alpha value is -2.10. The lowest BCUT2D eigenvalue weighted by Crippen LogP contribution is -2.16. The van der Waals surface area contributed by atoms with Gasteiger partial charge < -0.3 is 9.84 Å². The van der Waals surface area contributed by atoms with Crippen LogP contribution in [0.25, 0.3) is 0 Å². The Morgan fingerprint density at radius 3 is 1.68 bits per heavy atom. The second-order valence-electron chi connectivity index (χ2n) is 9.91. The lowest BCUT2D eigenvalue weighted by molar-refractivity contribution is -0.147. The molecular weight excluding hydrogens is 460 g/mol. The number of carboxylic acid groups (broad SMARTS) is 1. The van der Waals surface area contributed by atoms with Gasteiger partial charge in [0.05, 0.1) is 0 Å². The predicted molar refractivity (Wildman–Crippen MR) is 158 cm³/mol. The van der Waals surface area contributed by atoms with Crippen molar-refractivity contribution in [1.82, 2.24) is 0 Å². The molecule has 0 aliphatic rings. The third-order valence-corrected chi connectivity index (χ3v) is 6.30. The number of hydrogen-bond donors (Lipinski definition) is 1. The van der Waals surface area contributed by atoms with Crippen molar-refractivity contribution in [3.8, 4) is 0 Å². The number of esters is 1. The van der Waals surface area contributed by atoms with Crippen molar-refractivity contribution in [2.24, 2.45) is 0 Å². The van der Waals surface area contributed by atoms with Gasteiger partial charge in [0.15, 0.2) is 0 Å². The first-order valence-corrected chi connectivity index (χ1v) is 15.1. The van der Waals surface area contributed by atoms with E-state index >= 15 is 0 Å². The van der Waals surface area contributed by atoms with Crippen molar-refractivity contribution in [3.63, 3.8) is 0 Å². The molecule has 0 spiro atoms. The molecule has 0 rings (SSSR count). The Bertz CT molecular complexity index is 645. The van der Waals surface area contributed by atoms with Crippen molar-refractivity contribution in [2.45, 2.75) is 148 Å². The first-order chi connectivity index (χ1) is 18.1. The molecule has 1 N–H and O–H groups in total. The highest BCUT2D eigenvalue weighted by Gasteiger charge is 2.11. The number of carboxylic acids is 1. The third kappa shape index (κ3) is 28.3. The summed E-state index contributed by atoms with van der Waals surface area (Å²) in [6.45, 7) is 4.38. The van der Waals surface area contributed by atoms with E-state index in [4.69, 9.17) is 9.84 Å². The minimum Gasteiger partial charge on any atom is -0.481 e. The maximum atomic E-state index is 12.4. The molecule has 4 nitrogen and oxygen atoms in total. The summed E-state index contributed by atoms with van der Waals surface area (Å²) in [7, 11) is 0. The lowest BCUT2D eigenvalue weighted by atomic mass is 10.1. The van der Waals surface area contributed by atoms with Crippen LogP contribution >= 0.6 is 0 Å². The topological polar surface area (TPSA) is 63.6 Å². The molecule has 0 aromatic rings. The Morgan fingerprint density at radius 2 is 1.11 bits per heavy atom. The summed E-state index contributed by atoms with van der Waals surface area (Å²) in [4.78, 5) is 23.1. The van der Waals surface area contributed by atoms with Crippen LogP contribution in [0.1, 0.15) is 142 Å². The summed E-state index contributed by atoms with van der Waals surface area (Å²) in [5.41, 5.74) is 0. The predicted octanol–water partition coefficient (Wildman–Crippen LogP) is 10.0. The zero-order chi connectivity index (χ0) is 27.2. The van der Waals surface area contributed by atoms with E-state index in [1.54, 1.807) is 0 Å². The average Bonchev–Trinajstić information content (AvgIpc) is 2.87. The van der Waals surface area contributed by atoms with Gasteiger partial charge in [-0.3, -0.25) is 9.59 Å². The van der Waals surface area contributed by atoms with Crippen molar-refractivity contribution < 1.29 is 19.4 Å². The summed E-state index contributed by atoms with van der Waals surface area (Å²) < 4.78 is 5.82.